The Hall–Kier alpha value is -0.160. The Morgan fingerprint density at radius 1 is 1.47 bits per heavy atom. The van der Waals surface area contributed by atoms with Crippen LogP contribution in [0.4, 0.5) is 0 Å². The van der Waals surface area contributed by atoms with Crippen molar-refractivity contribution in [1.29, 1.82) is 0 Å². The van der Waals surface area contributed by atoms with Gasteiger partial charge in [0.2, 0.25) is 0 Å². The number of rotatable bonds is 8. The lowest BCUT2D eigenvalue weighted by atomic mass is 9.86. The third-order valence-electron chi connectivity index (χ3n) is 3.35. The predicted octanol–water partition coefficient (Wildman–Crippen LogP) is 0.969. The summed E-state index contributed by atoms with van der Waals surface area (Å²) in [6, 6.07) is 0.539. The van der Waals surface area contributed by atoms with E-state index in [-0.39, 0.29) is 5.41 Å². The average molecular weight is 244 g/mol. The molecule has 0 aliphatic carbocycles. The van der Waals surface area contributed by atoms with Crippen LogP contribution in [0.5, 0.6) is 0 Å². The van der Waals surface area contributed by atoms with Gasteiger partial charge in [-0.15, -0.1) is 0 Å². The summed E-state index contributed by atoms with van der Waals surface area (Å²) in [5.74, 6) is 0. The molecule has 1 aliphatic rings. The second-order valence-corrected chi connectivity index (χ2v) is 5.57. The molecule has 1 N–H and O–H groups in total. The number of methoxy groups -OCH3 is 1. The van der Waals surface area contributed by atoms with Crippen molar-refractivity contribution in [3.8, 4) is 0 Å². The van der Waals surface area contributed by atoms with Crippen molar-refractivity contribution < 1.29 is 9.47 Å². The van der Waals surface area contributed by atoms with Crippen molar-refractivity contribution in [3.63, 3.8) is 0 Å². The summed E-state index contributed by atoms with van der Waals surface area (Å²) in [5, 5.41) is 3.55. The van der Waals surface area contributed by atoms with Gasteiger partial charge in [-0.2, -0.15) is 0 Å². The highest BCUT2D eigenvalue weighted by atomic mass is 16.5. The molecule has 1 rings (SSSR count). The standard InChI is InChI=1S/C13H28N2O2/c1-12(2)14-9-13(5-7-17-11-13)10-15(3)6-8-16-4/h12,14H,5-11H2,1-4H3. The lowest BCUT2D eigenvalue weighted by Crippen LogP contribution is -2.45. The second-order valence-electron chi connectivity index (χ2n) is 5.57. The molecule has 102 valence electrons. The Labute approximate surface area is 106 Å². The highest BCUT2D eigenvalue weighted by molar-refractivity contribution is 4.88. The lowest BCUT2D eigenvalue weighted by Gasteiger charge is -2.33. The van der Waals surface area contributed by atoms with Crippen LogP contribution < -0.4 is 5.32 Å². The van der Waals surface area contributed by atoms with E-state index in [0.717, 1.165) is 45.9 Å². The molecule has 1 atom stereocenters. The van der Waals surface area contributed by atoms with E-state index in [9.17, 15) is 0 Å². The maximum absolute atomic E-state index is 5.60. The van der Waals surface area contributed by atoms with E-state index >= 15 is 0 Å². The summed E-state index contributed by atoms with van der Waals surface area (Å²) in [6.45, 7) is 10.1. The van der Waals surface area contributed by atoms with Crippen LogP contribution in [-0.4, -0.2) is 64.6 Å². The van der Waals surface area contributed by atoms with E-state index in [1.807, 2.05) is 0 Å². The molecule has 0 aromatic carbocycles. The molecule has 0 spiro atoms. The zero-order valence-corrected chi connectivity index (χ0v) is 11.8. The van der Waals surface area contributed by atoms with E-state index in [1.54, 1.807) is 7.11 Å². The SMILES string of the molecule is COCCN(C)CC1(CNC(C)C)CCOC1. The normalized spacial score (nSPS) is 25.1. The molecule has 0 aromatic heterocycles. The highest BCUT2D eigenvalue weighted by Gasteiger charge is 2.35. The first-order chi connectivity index (χ1) is 8.08. The van der Waals surface area contributed by atoms with Crippen molar-refractivity contribution in [2.45, 2.75) is 26.3 Å². The van der Waals surface area contributed by atoms with Crippen LogP contribution in [0.25, 0.3) is 0 Å². The highest BCUT2D eigenvalue weighted by Crippen LogP contribution is 2.28. The third kappa shape index (κ3) is 5.34. The van der Waals surface area contributed by atoms with Gasteiger partial charge >= 0.3 is 0 Å². The summed E-state index contributed by atoms with van der Waals surface area (Å²) >= 11 is 0. The smallest absolute Gasteiger partial charge is 0.0589 e. The van der Waals surface area contributed by atoms with Crippen LogP contribution in [0.1, 0.15) is 20.3 Å². The number of hydrogen-bond acceptors (Lipinski definition) is 4. The van der Waals surface area contributed by atoms with Crippen molar-refractivity contribution in [3.05, 3.63) is 0 Å². The number of ether oxygens (including phenoxy) is 2. The molecule has 17 heavy (non-hydrogen) atoms. The summed E-state index contributed by atoms with van der Waals surface area (Å²) in [7, 11) is 3.91. The fourth-order valence-corrected chi connectivity index (χ4v) is 2.29. The van der Waals surface area contributed by atoms with Gasteiger partial charge in [-0.3, -0.25) is 0 Å². The first kappa shape index (κ1) is 14.9. The van der Waals surface area contributed by atoms with Crippen LogP contribution >= 0.6 is 0 Å². The maximum Gasteiger partial charge on any atom is 0.0589 e. The van der Waals surface area contributed by atoms with E-state index in [1.165, 1.54) is 0 Å². The molecule has 1 heterocycles. The molecule has 1 saturated heterocycles. The van der Waals surface area contributed by atoms with Crippen molar-refractivity contribution >= 4 is 0 Å². The average Bonchev–Trinajstić information content (AvgIpc) is 2.73. The van der Waals surface area contributed by atoms with Gasteiger partial charge in [0.05, 0.1) is 13.2 Å². The van der Waals surface area contributed by atoms with E-state index in [0.29, 0.717) is 6.04 Å². The molecule has 0 radical (unpaired) electrons. The van der Waals surface area contributed by atoms with Gasteiger partial charge in [0.15, 0.2) is 0 Å². The number of nitrogens with zero attached hydrogens (tertiary/aromatic N) is 1. The van der Waals surface area contributed by atoms with Crippen molar-refractivity contribution in [2.24, 2.45) is 5.41 Å². The van der Waals surface area contributed by atoms with Gasteiger partial charge in [0.1, 0.15) is 0 Å². The molecular weight excluding hydrogens is 216 g/mol. The van der Waals surface area contributed by atoms with Crippen LogP contribution in [0.2, 0.25) is 0 Å². The summed E-state index contributed by atoms with van der Waals surface area (Å²) < 4.78 is 10.7. The Balaban J connectivity index is 2.41. The maximum atomic E-state index is 5.60. The molecule has 0 amide bonds. The van der Waals surface area contributed by atoms with Crippen molar-refractivity contribution in [2.75, 3.05) is 53.6 Å². The Kier molecular flexibility index (Phi) is 6.41. The Morgan fingerprint density at radius 3 is 2.76 bits per heavy atom. The number of hydrogen-bond donors (Lipinski definition) is 1. The molecule has 4 nitrogen and oxygen atoms in total. The van der Waals surface area contributed by atoms with Crippen LogP contribution in [0, 0.1) is 5.41 Å². The molecule has 1 fully saturated rings. The quantitative estimate of drug-likeness (QED) is 0.690. The number of nitrogens with one attached hydrogen (secondary N) is 1. The van der Waals surface area contributed by atoms with Gasteiger partial charge in [0.25, 0.3) is 0 Å². The first-order valence-electron chi connectivity index (χ1n) is 6.57. The van der Waals surface area contributed by atoms with Crippen LogP contribution in [0.3, 0.4) is 0 Å². The fourth-order valence-electron chi connectivity index (χ4n) is 2.29. The zero-order chi connectivity index (χ0) is 12.7. The molecule has 0 saturated carbocycles. The minimum absolute atomic E-state index is 0.284. The van der Waals surface area contributed by atoms with E-state index in [2.05, 4.69) is 31.1 Å². The molecule has 0 bridgehead atoms. The second kappa shape index (κ2) is 7.31. The van der Waals surface area contributed by atoms with Crippen molar-refractivity contribution in [1.82, 2.24) is 10.2 Å². The summed E-state index contributed by atoms with van der Waals surface area (Å²) in [5.41, 5.74) is 0.284. The summed E-state index contributed by atoms with van der Waals surface area (Å²) in [4.78, 5) is 2.35. The minimum Gasteiger partial charge on any atom is -0.383 e. The number of likely N-dealkylation sites (N-methyl/N-ethyl adjacent to an activating group) is 1. The first-order valence-corrected chi connectivity index (χ1v) is 6.57. The topological polar surface area (TPSA) is 33.7 Å². The Morgan fingerprint density at radius 2 is 2.24 bits per heavy atom. The Bertz CT molecular complexity index is 204. The van der Waals surface area contributed by atoms with Gasteiger partial charge in [-0.1, -0.05) is 13.8 Å². The van der Waals surface area contributed by atoms with Gasteiger partial charge in [0, 0.05) is 44.8 Å². The van der Waals surface area contributed by atoms with Crippen LogP contribution in [0.15, 0.2) is 0 Å². The molecule has 4 heteroatoms. The van der Waals surface area contributed by atoms with E-state index in [4.69, 9.17) is 9.47 Å². The molecule has 1 aliphatic heterocycles. The third-order valence-corrected chi connectivity index (χ3v) is 3.35. The zero-order valence-electron chi connectivity index (χ0n) is 11.8. The van der Waals surface area contributed by atoms with Gasteiger partial charge in [-0.05, 0) is 13.5 Å². The summed E-state index contributed by atoms with van der Waals surface area (Å²) in [6.07, 6.45) is 1.16. The largest absolute Gasteiger partial charge is 0.383 e. The lowest BCUT2D eigenvalue weighted by molar-refractivity contribution is 0.0991. The van der Waals surface area contributed by atoms with Gasteiger partial charge in [-0.25, -0.2) is 0 Å². The molecular formula is C13H28N2O2. The molecule has 0 aromatic rings. The predicted molar refractivity (Wildman–Crippen MR) is 70.4 cm³/mol. The monoisotopic (exact) mass is 244 g/mol. The van der Waals surface area contributed by atoms with Gasteiger partial charge < -0.3 is 19.7 Å². The van der Waals surface area contributed by atoms with E-state index < -0.39 is 0 Å². The molecule has 1 unspecified atom stereocenters. The van der Waals surface area contributed by atoms with Crippen LogP contribution in [-0.2, 0) is 9.47 Å². The minimum atomic E-state index is 0.284. The fraction of sp³-hybridized carbons (Fsp3) is 1.00.